The minimum atomic E-state index is -0.0594. The number of hydrogen-bond acceptors (Lipinski definition) is 2. The van der Waals surface area contributed by atoms with Crippen LogP contribution in [0.15, 0.2) is 0 Å². The SMILES string of the molecule is CCC(=O)OCCC1CCC(C(C)C)CC1. The Hall–Kier alpha value is -0.530. The average Bonchev–Trinajstić information content (AvgIpc) is 2.29. The van der Waals surface area contributed by atoms with Crippen molar-refractivity contribution in [2.45, 2.75) is 59.3 Å². The summed E-state index contributed by atoms with van der Waals surface area (Å²) in [6.45, 7) is 7.13. The Kier molecular flexibility index (Phi) is 5.86. The first-order valence-corrected chi connectivity index (χ1v) is 6.79. The van der Waals surface area contributed by atoms with E-state index in [0.29, 0.717) is 13.0 Å². The Morgan fingerprint density at radius 1 is 1.25 bits per heavy atom. The third kappa shape index (κ3) is 4.54. The van der Waals surface area contributed by atoms with Gasteiger partial charge in [0.25, 0.3) is 0 Å². The lowest BCUT2D eigenvalue weighted by atomic mass is 9.76. The van der Waals surface area contributed by atoms with E-state index in [2.05, 4.69) is 13.8 Å². The lowest BCUT2D eigenvalue weighted by molar-refractivity contribution is -0.143. The monoisotopic (exact) mass is 226 g/mol. The second-order valence-corrected chi connectivity index (χ2v) is 5.39. The highest BCUT2D eigenvalue weighted by Gasteiger charge is 2.23. The number of carbonyl (C=O) groups excluding carboxylic acids is 1. The van der Waals surface area contributed by atoms with Gasteiger partial charge in [0.2, 0.25) is 0 Å². The fourth-order valence-electron chi connectivity index (χ4n) is 2.59. The maximum Gasteiger partial charge on any atom is 0.305 e. The van der Waals surface area contributed by atoms with Gasteiger partial charge in [-0.25, -0.2) is 0 Å². The highest BCUT2D eigenvalue weighted by atomic mass is 16.5. The second kappa shape index (κ2) is 6.93. The zero-order chi connectivity index (χ0) is 12.0. The van der Waals surface area contributed by atoms with Crippen molar-refractivity contribution in [1.82, 2.24) is 0 Å². The number of rotatable bonds is 5. The molecule has 1 aliphatic rings. The van der Waals surface area contributed by atoms with Crippen LogP contribution in [0, 0.1) is 17.8 Å². The molecule has 0 aromatic carbocycles. The van der Waals surface area contributed by atoms with Crippen molar-refractivity contribution in [2.75, 3.05) is 6.61 Å². The van der Waals surface area contributed by atoms with Crippen LogP contribution in [0.5, 0.6) is 0 Å². The first-order chi connectivity index (χ1) is 7.63. The Bertz CT molecular complexity index is 203. The molecule has 0 spiro atoms. The molecule has 0 N–H and O–H groups in total. The Morgan fingerprint density at radius 2 is 1.88 bits per heavy atom. The van der Waals surface area contributed by atoms with Crippen molar-refractivity contribution < 1.29 is 9.53 Å². The van der Waals surface area contributed by atoms with E-state index < -0.39 is 0 Å². The van der Waals surface area contributed by atoms with Crippen LogP contribution >= 0.6 is 0 Å². The second-order valence-electron chi connectivity index (χ2n) is 5.39. The zero-order valence-corrected chi connectivity index (χ0v) is 11.0. The summed E-state index contributed by atoms with van der Waals surface area (Å²) in [6.07, 6.45) is 6.95. The standard InChI is InChI=1S/C14H26O2/c1-4-14(15)16-10-9-12-5-7-13(8-6-12)11(2)3/h11-13H,4-10H2,1-3H3. The summed E-state index contributed by atoms with van der Waals surface area (Å²) in [5.74, 6) is 2.49. The molecule has 0 aromatic rings. The molecular weight excluding hydrogens is 200 g/mol. The van der Waals surface area contributed by atoms with Gasteiger partial charge in [-0.15, -0.1) is 0 Å². The van der Waals surface area contributed by atoms with Gasteiger partial charge < -0.3 is 4.74 Å². The molecule has 0 unspecified atom stereocenters. The summed E-state index contributed by atoms with van der Waals surface area (Å²) in [5.41, 5.74) is 0. The molecule has 0 saturated heterocycles. The van der Waals surface area contributed by atoms with Crippen LogP contribution < -0.4 is 0 Å². The van der Waals surface area contributed by atoms with E-state index >= 15 is 0 Å². The predicted molar refractivity (Wildman–Crippen MR) is 66.2 cm³/mol. The van der Waals surface area contributed by atoms with Crippen molar-refractivity contribution in [3.63, 3.8) is 0 Å². The third-order valence-corrected chi connectivity index (χ3v) is 3.91. The van der Waals surface area contributed by atoms with Gasteiger partial charge in [0.05, 0.1) is 6.61 Å². The van der Waals surface area contributed by atoms with Crippen LogP contribution in [-0.2, 0) is 9.53 Å². The summed E-state index contributed by atoms with van der Waals surface area (Å²) in [7, 11) is 0. The van der Waals surface area contributed by atoms with Gasteiger partial charge in [0.1, 0.15) is 0 Å². The molecule has 16 heavy (non-hydrogen) atoms. The zero-order valence-electron chi connectivity index (χ0n) is 11.0. The van der Waals surface area contributed by atoms with Crippen LogP contribution in [0.25, 0.3) is 0 Å². The van der Waals surface area contributed by atoms with Gasteiger partial charge in [0.15, 0.2) is 0 Å². The van der Waals surface area contributed by atoms with E-state index in [1.165, 1.54) is 25.7 Å². The van der Waals surface area contributed by atoms with Gasteiger partial charge >= 0.3 is 5.97 Å². The summed E-state index contributed by atoms with van der Waals surface area (Å²) in [4.78, 5) is 11.0. The van der Waals surface area contributed by atoms with E-state index in [1.807, 2.05) is 6.92 Å². The number of esters is 1. The first kappa shape index (κ1) is 13.5. The molecule has 0 bridgehead atoms. The smallest absolute Gasteiger partial charge is 0.305 e. The molecule has 0 heterocycles. The molecule has 0 aromatic heterocycles. The molecule has 0 atom stereocenters. The first-order valence-electron chi connectivity index (χ1n) is 6.79. The van der Waals surface area contributed by atoms with E-state index in [9.17, 15) is 4.79 Å². The summed E-state index contributed by atoms with van der Waals surface area (Å²) in [5, 5.41) is 0. The Morgan fingerprint density at radius 3 is 2.38 bits per heavy atom. The van der Waals surface area contributed by atoms with Crippen molar-refractivity contribution in [1.29, 1.82) is 0 Å². The molecule has 0 aliphatic heterocycles. The molecule has 1 rings (SSSR count). The number of ether oxygens (including phenoxy) is 1. The van der Waals surface area contributed by atoms with Gasteiger partial charge in [-0.2, -0.15) is 0 Å². The van der Waals surface area contributed by atoms with Gasteiger partial charge in [-0.3, -0.25) is 4.79 Å². The lowest BCUT2D eigenvalue weighted by Gasteiger charge is -2.30. The molecule has 94 valence electrons. The topological polar surface area (TPSA) is 26.3 Å². The fourth-order valence-corrected chi connectivity index (χ4v) is 2.59. The van der Waals surface area contributed by atoms with Crippen molar-refractivity contribution >= 4 is 5.97 Å². The maximum atomic E-state index is 11.0. The van der Waals surface area contributed by atoms with Gasteiger partial charge in [0, 0.05) is 6.42 Å². The normalized spacial score (nSPS) is 25.8. The molecule has 1 fully saturated rings. The molecule has 2 heteroatoms. The molecule has 1 saturated carbocycles. The van der Waals surface area contributed by atoms with Crippen LogP contribution in [-0.4, -0.2) is 12.6 Å². The minimum absolute atomic E-state index is 0.0594. The third-order valence-electron chi connectivity index (χ3n) is 3.91. The van der Waals surface area contributed by atoms with Crippen LogP contribution in [0.4, 0.5) is 0 Å². The largest absolute Gasteiger partial charge is 0.466 e. The predicted octanol–water partition coefficient (Wildman–Crippen LogP) is 3.79. The van der Waals surface area contributed by atoms with Crippen LogP contribution in [0.3, 0.4) is 0 Å². The van der Waals surface area contributed by atoms with Gasteiger partial charge in [-0.1, -0.05) is 33.6 Å². The Labute approximate surface area is 99.8 Å². The summed E-state index contributed by atoms with van der Waals surface area (Å²) in [6, 6.07) is 0. The highest BCUT2D eigenvalue weighted by molar-refractivity contribution is 5.68. The van der Waals surface area contributed by atoms with E-state index in [1.54, 1.807) is 0 Å². The Balaban J connectivity index is 2.10. The molecule has 1 aliphatic carbocycles. The number of carbonyl (C=O) groups is 1. The average molecular weight is 226 g/mol. The summed E-state index contributed by atoms with van der Waals surface area (Å²) >= 11 is 0. The van der Waals surface area contributed by atoms with E-state index in [0.717, 1.165) is 24.2 Å². The van der Waals surface area contributed by atoms with Crippen molar-refractivity contribution in [3.8, 4) is 0 Å². The molecular formula is C14H26O2. The van der Waals surface area contributed by atoms with Crippen molar-refractivity contribution in [3.05, 3.63) is 0 Å². The fraction of sp³-hybridized carbons (Fsp3) is 0.929. The quantitative estimate of drug-likeness (QED) is 0.667. The lowest BCUT2D eigenvalue weighted by Crippen LogP contribution is -2.20. The van der Waals surface area contributed by atoms with Crippen LogP contribution in [0.2, 0.25) is 0 Å². The van der Waals surface area contributed by atoms with E-state index in [-0.39, 0.29) is 5.97 Å². The van der Waals surface area contributed by atoms with Crippen molar-refractivity contribution in [2.24, 2.45) is 17.8 Å². The molecule has 0 radical (unpaired) electrons. The number of hydrogen-bond donors (Lipinski definition) is 0. The molecule has 0 amide bonds. The van der Waals surface area contributed by atoms with E-state index in [4.69, 9.17) is 4.74 Å². The minimum Gasteiger partial charge on any atom is -0.466 e. The highest BCUT2D eigenvalue weighted by Crippen LogP contribution is 2.34. The van der Waals surface area contributed by atoms with Crippen LogP contribution in [0.1, 0.15) is 59.3 Å². The van der Waals surface area contributed by atoms with Gasteiger partial charge in [-0.05, 0) is 37.0 Å². The maximum absolute atomic E-state index is 11.0. The summed E-state index contributed by atoms with van der Waals surface area (Å²) < 4.78 is 5.13. The molecule has 2 nitrogen and oxygen atoms in total.